The molecule has 0 radical (unpaired) electrons. The Bertz CT molecular complexity index is 1570. The molecule has 4 heterocycles. The second-order valence-electron chi connectivity index (χ2n) is 9.54. The molecule has 0 spiro atoms. The number of aliphatic hydroxyl groups is 1. The minimum absolute atomic E-state index is 0.0148. The van der Waals surface area contributed by atoms with Gasteiger partial charge in [-0.15, -0.1) is 11.3 Å². The average molecular weight is 497 g/mol. The van der Waals surface area contributed by atoms with Gasteiger partial charge < -0.3 is 10.1 Å². The van der Waals surface area contributed by atoms with Crippen LogP contribution < -0.4 is 11.2 Å². The largest absolute Gasteiger partial charge is 0.389 e. The quantitative estimate of drug-likeness (QED) is 0.441. The zero-order chi connectivity index (χ0) is 25.0. The van der Waals surface area contributed by atoms with Gasteiger partial charge in [-0.2, -0.15) is 0 Å². The van der Waals surface area contributed by atoms with E-state index in [1.54, 1.807) is 4.57 Å². The number of carbonyl (C=O) groups excluding carboxylic acids is 1. The minimum atomic E-state index is -0.786. The Balaban J connectivity index is 1.76. The molecule has 9 nitrogen and oxygen atoms in total. The highest BCUT2D eigenvalue weighted by atomic mass is 32.1. The summed E-state index contributed by atoms with van der Waals surface area (Å²) < 4.78 is 2.65. The summed E-state index contributed by atoms with van der Waals surface area (Å²) in [6.07, 6.45) is 1.54. The van der Waals surface area contributed by atoms with Crippen LogP contribution in [0.5, 0.6) is 0 Å². The topological polar surface area (TPSA) is 110 Å². The first-order valence-electron chi connectivity index (χ1n) is 11.6. The van der Waals surface area contributed by atoms with Crippen LogP contribution in [-0.4, -0.2) is 49.5 Å². The summed E-state index contributed by atoms with van der Waals surface area (Å²) in [5.41, 5.74) is 2.44. The molecule has 1 aliphatic heterocycles. The molecule has 1 fully saturated rings. The van der Waals surface area contributed by atoms with Crippen LogP contribution in [0.2, 0.25) is 0 Å². The van der Waals surface area contributed by atoms with Crippen LogP contribution >= 0.6 is 11.3 Å². The molecule has 184 valence electrons. The normalized spacial score (nSPS) is 16.3. The fourth-order valence-corrected chi connectivity index (χ4v) is 5.98. The lowest BCUT2D eigenvalue weighted by molar-refractivity contribution is -0.0778. The number of hydroxylamine groups is 2. The highest BCUT2D eigenvalue weighted by molar-refractivity contribution is 7.19. The van der Waals surface area contributed by atoms with Crippen LogP contribution in [0.25, 0.3) is 21.1 Å². The SMILES string of the molecule is Cc1cccc2c(Cc3sc4c(c3C(=O)N3CC(O)CO3)c(=O)n(C)c(=O)n4CC(C)C)c[nH]c12. The highest BCUT2D eigenvalue weighted by Gasteiger charge is 2.33. The number of carbonyl (C=O) groups is 1. The van der Waals surface area contributed by atoms with Gasteiger partial charge in [0.1, 0.15) is 17.5 Å². The van der Waals surface area contributed by atoms with Crippen molar-refractivity contribution in [1.29, 1.82) is 0 Å². The second-order valence-corrected chi connectivity index (χ2v) is 10.6. The second kappa shape index (κ2) is 8.78. The van der Waals surface area contributed by atoms with Crippen molar-refractivity contribution in [2.45, 2.75) is 39.8 Å². The molecule has 0 aliphatic carbocycles. The number of hydrogen-bond donors (Lipinski definition) is 2. The van der Waals surface area contributed by atoms with Crippen molar-refractivity contribution >= 4 is 38.4 Å². The first kappa shape index (κ1) is 23.5. The Kier molecular flexibility index (Phi) is 5.90. The van der Waals surface area contributed by atoms with Gasteiger partial charge >= 0.3 is 5.69 Å². The van der Waals surface area contributed by atoms with Crippen molar-refractivity contribution in [3.05, 3.63) is 66.8 Å². The third-order valence-corrected chi connectivity index (χ3v) is 7.60. The van der Waals surface area contributed by atoms with Crippen LogP contribution in [-0.2, 0) is 24.9 Å². The molecule has 2 N–H and O–H groups in total. The van der Waals surface area contributed by atoms with E-state index in [0.717, 1.165) is 31.7 Å². The monoisotopic (exact) mass is 496 g/mol. The summed E-state index contributed by atoms with van der Waals surface area (Å²) in [6.45, 7) is 6.48. The van der Waals surface area contributed by atoms with Crippen LogP contribution in [0.1, 0.15) is 40.2 Å². The van der Waals surface area contributed by atoms with E-state index in [-0.39, 0.29) is 30.0 Å². The van der Waals surface area contributed by atoms with Gasteiger partial charge in [-0.1, -0.05) is 32.0 Å². The standard InChI is InChI=1S/C25H28N4O5S/c1-13(2)10-28-24-20(22(31)27(4)25(28)33)19(23(32)29-11-16(30)12-34-29)18(35-24)8-15-9-26-21-14(3)6-5-7-17(15)21/h5-7,9,13,16,26,30H,8,10-12H2,1-4H3. The fourth-order valence-electron chi connectivity index (χ4n) is 4.68. The Labute approximate surface area is 205 Å². The zero-order valence-electron chi connectivity index (χ0n) is 20.1. The number of H-pyrrole nitrogens is 1. The molecule has 1 saturated heterocycles. The van der Waals surface area contributed by atoms with E-state index in [0.29, 0.717) is 22.7 Å². The van der Waals surface area contributed by atoms with E-state index in [4.69, 9.17) is 4.84 Å². The van der Waals surface area contributed by atoms with E-state index in [1.165, 1.54) is 18.4 Å². The predicted molar refractivity (Wildman–Crippen MR) is 135 cm³/mol. The van der Waals surface area contributed by atoms with E-state index in [2.05, 4.69) is 4.98 Å². The van der Waals surface area contributed by atoms with Crippen molar-refractivity contribution in [2.24, 2.45) is 13.0 Å². The smallest absolute Gasteiger partial charge is 0.331 e. The molecule has 35 heavy (non-hydrogen) atoms. The number of hydrogen-bond acceptors (Lipinski definition) is 6. The molecular formula is C25H28N4O5S. The number of fused-ring (bicyclic) bond motifs is 2. The van der Waals surface area contributed by atoms with E-state index >= 15 is 0 Å². The van der Waals surface area contributed by atoms with Gasteiger partial charge in [-0.3, -0.25) is 23.6 Å². The van der Waals surface area contributed by atoms with Crippen molar-refractivity contribution in [2.75, 3.05) is 13.2 Å². The number of thiophene rings is 1. The predicted octanol–water partition coefficient (Wildman–Crippen LogP) is 2.55. The average Bonchev–Trinajstić information content (AvgIpc) is 3.53. The number of benzene rings is 1. The first-order valence-corrected chi connectivity index (χ1v) is 12.4. The van der Waals surface area contributed by atoms with Gasteiger partial charge in [0.15, 0.2) is 0 Å². The number of aliphatic hydroxyl groups excluding tert-OH is 1. The molecule has 1 atom stereocenters. The summed E-state index contributed by atoms with van der Waals surface area (Å²) in [5.74, 6) is -0.322. The number of aromatic amines is 1. The number of rotatable bonds is 5. The third kappa shape index (κ3) is 3.91. The van der Waals surface area contributed by atoms with Crippen LogP contribution in [0, 0.1) is 12.8 Å². The number of para-hydroxylation sites is 1. The number of β-amino-alcohol motifs (C(OH)–C–C–N with tert-alkyl or cyclic N) is 1. The van der Waals surface area contributed by atoms with Crippen molar-refractivity contribution in [3.63, 3.8) is 0 Å². The number of nitrogens with one attached hydrogen (secondary N) is 1. The summed E-state index contributed by atoms with van der Waals surface area (Å²) >= 11 is 1.30. The third-order valence-electron chi connectivity index (χ3n) is 6.39. The maximum Gasteiger partial charge on any atom is 0.331 e. The van der Waals surface area contributed by atoms with Crippen LogP contribution in [0.15, 0.2) is 34.0 Å². The fraction of sp³-hybridized carbons (Fsp3) is 0.400. The van der Waals surface area contributed by atoms with Gasteiger partial charge in [0.05, 0.1) is 17.5 Å². The van der Waals surface area contributed by atoms with Crippen molar-refractivity contribution in [3.8, 4) is 0 Å². The minimum Gasteiger partial charge on any atom is -0.389 e. The number of amides is 1. The first-order chi connectivity index (χ1) is 16.7. The lowest BCUT2D eigenvalue weighted by Crippen LogP contribution is -2.39. The Hall–Kier alpha value is -3.21. The van der Waals surface area contributed by atoms with E-state index in [1.807, 2.05) is 45.2 Å². The molecule has 10 heteroatoms. The molecule has 0 bridgehead atoms. The molecule has 1 aliphatic rings. The van der Waals surface area contributed by atoms with Gasteiger partial charge in [-0.25, -0.2) is 9.86 Å². The van der Waals surface area contributed by atoms with Crippen LogP contribution in [0.4, 0.5) is 0 Å². The highest BCUT2D eigenvalue weighted by Crippen LogP contribution is 2.34. The van der Waals surface area contributed by atoms with Gasteiger partial charge in [0, 0.05) is 42.0 Å². The molecule has 4 aromatic rings. The molecule has 1 amide bonds. The molecule has 0 saturated carbocycles. The van der Waals surface area contributed by atoms with Gasteiger partial charge in [0.25, 0.3) is 11.5 Å². The van der Waals surface area contributed by atoms with Crippen molar-refractivity contribution in [1.82, 2.24) is 19.2 Å². The number of aromatic nitrogens is 3. The molecular weight excluding hydrogens is 468 g/mol. The van der Waals surface area contributed by atoms with E-state index < -0.39 is 23.3 Å². The van der Waals surface area contributed by atoms with Crippen molar-refractivity contribution < 1.29 is 14.7 Å². The molecule has 1 unspecified atom stereocenters. The maximum absolute atomic E-state index is 13.7. The number of nitrogens with zero attached hydrogens (tertiary/aromatic N) is 3. The molecule has 3 aromatic heterocycles. The lowest BCUT2D eigenvalue weighted by Gasteiger charge is -2.15. The Morgan fingerprint density at radius 1 is 1.31 bits per heavy atom. The Morgan fingerprint density at radius 2 is 2.09 bits per heavy atom. The molecule has 5 rings (SSSR count). The lowest BCUT2D eigenvalue weighted by atomic mass is 10.0. The summed E-state index contributed by atoms with van der Waals surface area (Å²) in [5, 5.41) is 12.3. The summed E-state index contributed by atoms with van der Waals surface area (Å²) in [7, 11) is 1.44. The van der Waals surface area contributed by atoms with Crippen LogP contribution in [0.3, 0.4) is 0 Å². The van der Waals surface area contributed by atoms with Gasteiger partial charge in [0.2, 0.25) is 0 Å². The summed E-state index contributed by atoms with van der Waals surface area (Å²) in [4.78, 5) is 50.0. The molecule has 1 aromatic carbocycles. The zero-order valence-corrected chi connectivity index (χ0v) is 20.9. The number of aryl methyl sites for hydroxylation is 1. The maximum atomic E-state index is 13.7. The van der Waals surface area contributed by atoms with Gasteiger partial charge in [-0.05, 0) is 24.0 Å². The van der Waals surface area contributed by atoms with E-state index in [9.17, 15) is 19.5 Å². The Morgan fingerprint density at radius 3 is 2.77 bits per heavy atom. The summed E-state index contributed by atoms with van der Waals surface area (Å²) in [6, 6.07) is 6.04.